The fourth-order valence-corrected chi connectivity index (χ4v) is 3.98. The van der Waals surface area contributed by atoms with Gasteiger partial charge in [-0.1, -0.05) is 0 Å². The largest absolute Gasteiger partial charge is 0.494 e. The second-order valence-electron chi connectivity index (χ2n) is 6.23. The third-order valence-electron chi connectivity index (χ3n) is 4.23. The number of carboxylic acids is 1. The monoisotopic (exact) mass is 390 g/mol. The number of rotatable bonds is 6. The van der Waals surface area contributed by atoms with Gasteiger partial charge in [0.15, 0.2) is 0 Å². The average molecular weight is 390 g/mol. The highest BCUT2D eigenvalue weighted by Gasteiger charge is 2.29. The van der Waals surface area contributed by atoms with Gasteiger partial charge in [-0.15, -0.1) is 11.3 Å². The number of hydrogen-bond acceptors (Lipinski definition) is 6. The molecule has 1 saturated heterocycles. The van der Waals surface area contributed by atoms with Crippen molar-refractivity contribution in [3.05, 3.63) is 34.8 Å². The summed E-state index contributed by atoms with van der Waals surface area (Å²) in [5, 5.41) is 9.71. The minimum absolute atomic E-state index is 0.108. The molecule has 0 radical (unpaired) electrons. The zero-order valence-electron chi connectivity index (χ0n) is 15.3. The number of aromatic nitrogens is 1. The van der Waals surface area contributed by atoms with Crippen molar-refractivity contribution >= 4 is 23.2 Å². The predicted octanol–water partition coefficient (Wildman–Crippen LogP) is 2.83. The summed E-state index contributed by atoms with van der Waals surface area (Å²) in [6, 6.07) is 7.62. The van der Waals surface area contributed by atoms with Crippen LogP contribution in [0.2, 0.25) is 0 Å². The number of carbonyl (C=O) groups is 2. The van der Waals surface area contributed by atoms with Gasteiger partial charge in [0.05, 0.1) is 31.4 Å². The molecule has 1 amide bonds. The van der Waals surface area contributed by atoms with Crippen LogP contribution in [0.1, 0.15) is 28.7 Å². The molecule has 1 aromatic heterocycles. The third-order valence-corrected chi connectivity index (χ3v) is 5.43. The molecule has 1 aliphatic rings. The van der Waals surface area contributed by atoms with Gasteiger partial charge in [0.25, 0.3) is 5.91 Å². The van der Waals surface area contributed by atoms with E-state index in [2.05, 4.69) is 4.98 Å². The Labute approximate surface area is 161 Å². The standard InChI is InChI=1S/C19H22N2O5S/c1-3-25-14-6-4-13(5-7-14)18-20-12(2)17(27-18)19(24)21-8-9-26-15(11-21)10-16(22)23/h4-7,15H,3,8-11H2,1-2H3,(H,22,23). The van der Waals surface area contributed by atoms with Gasteiger partial charge in [0.1, 0.15) is 15.6 Å². The van der Waals surface area contributed by atoms with Crippen LogP contribution in [0.5, 0.6) is 5.75 Å². The van der Waals surface area contributed by atoms with Crippen molar-refractivity contribution in [2.24, 2.45) is 0 Å². The maximum Gasteiger partial charge on any atom is 0.306 e. The van der Waals surface area contributed by atoms with E-state index in [1.54, 1.807) is 4.90 Å². The molecular weight excluding hydrogens is 368 g/mol. The highest BCUT2D eigenvalue weighted by atomic mass is 32.1. The van der Waals surface area contributed by atoms with E-state index in [0.29, 0.717) is 30.3 Å². The highest BCUT2D eigenvalue weighted by molar-refractivity contribution is 7.17. The molecule has 1 unspecified atom stereocenters. The first-order valence-corrected chi connectivity index (χ1v) is 9.63. The number of carbonyl (C=O) groups excluding carboxylic acids is 1. The van der Waals surface area contributed by atoms with Gasteiger partial charge in [-0.05, 0) is 38.1 Å². The van der Waals surface area contributed by atoms with E-state index >= 15 is 0 Å². The zero-order chi connectivity index (χ0) is 19.4. The van der Waals surface area contributed by atoms with Gasteiger partial charge < -0.3 is 19.5 Å². The zero-order valence-corrected chi connectivity index (χ0v) is 16.1. The van der Waals surface area contributed by atoms with Gasteiger partial charge >= 0.3 is 5.97 Å². The molecule has 1 atom stereocenters. The minimum Gasteiger partial charge on any atom is -0.494 e. The Kier molecular flexibility index (Phi) is 6.08. The van der Waals surface area contributed by atoms with E-state index in [4.69, 9.17) is 14.6 Å². The lowest BCUT2D eigenvalue weighted by molar-refractivity contribution is -0.141. The normalized spacial score (nSPS) is 17.0. The number of hydrogen-bond donors (Lipinski definition) is 1. The minimum atomic E-state index is -0.930. The van der Waals surface area contributed by atoms with Crippen molar-refractivity contribution in [1.29, 1.82) is 0 Å². The Bertz CT molecular complexity index is 818. The number of ether oxygens (including phenoxy) is 2. The molecule has 1 aliphatic heterocycles. The lowest BCUT2D eigenvalue weighted by Crippen LogP contribution is -2.46. The molecule has 2 heterocycles. The second-order valence-corrected chi connectivity index (χ2v) is 7.23. The number of benzene rings is 1. The summed E-state index contributed by atoms with van der Waals surface area (Å²) in [6.45, 7) is 5.43. The van der Waals surface area contributed by atoms with Crippen LogP contribution in [-0.4, -0.2) is 59.3 Å². The Balaban J connectivity index is 1.75. The first kappa shape index (κ1) is 19.3. The summed E-state index contributed by atoms with van der Waals surface area (Å²) in [5.41, 5.74) is 1.60. The molecule has 7 nitrogen and oxygen atoms in total. The van der Waals surface area contributed by atoms with E-state index in [1.165, 1.54) is 11.3 Å². The lowest BCUT2D eigenvalue weighted by atomic mass is 10.2. The van der Waals surface area contributed by atoms with Crippen LogP contribution in [0.25, 0.3) is 10.6 Å². The molecule has 1 fully saturated rings. The van der Waals surface area contributed by atoms with E-state index < -0.39 is 12.1 Å². The van der Waals surface area contributed by atoms with E-state index in [0.717, 1.165) is 16.3 Å². The first-order chi connectivity index (χ1) is 13.0. The van der Waals surface area contributed by atoms with Crippen molar-refractivity contribution in [1.82, 2.24) is 9.88 Å². The van der Waals surface area contributed by atoms with Gasteiger partial charge in [-0.2, -0.15) is 0 Å². The summed E-state index contributed by atoms with van der Waals surface area (Å²) in [6.07, 6.45) is -0.581. The topological polar surface area (TPSA) is 89.0 Å². The second kappa shape index (κ2) is 8.49. The SMILES string of the molecule is CCOc1ccc(-c2nc(C)c(C(=O)N3CCOC(CC(=O)O)C3)s2)cc1. The average Bonchev–Trinajstić information content (AvgIpc) is 3.03. The molecule has 8 heteroatoms. The molecule has 0 spiro atoms. The summed E-state index contributed by atoms with van der Waals surface area (Å²) in [5.74, 6) is -0.259. The summed E-state index contributed by atoms with van der Waals surface area (Å²) in [4.78, 5) is 30.6. The van der Waals surface area contributed by atoms with E-state index in [9.17, 15) is 9.59 Å². The number of aliphatic carboxylic acids is 1. The fraction of sp³-hybridized carbons (Fsp3) is 0.421. The molecule has 0 saturated carbocycles. The number of morpholine rings is 1. The molecule has 1 N–H and O–H groups in total. The van der Waals surface area contributed by atoms with Crippen LogP contribution < -0.4 is 4.74 Å². The molecule has 144 valence electrons. The van der Waals surface area contributed by atoms with Crippen LogP contribution in [0, 0.1) is 6.92 Å². The van der Waals surface area contributed by atoms with Crippen molar-refractivity contribution < 1.29 is 24.2 Å². The number of aryl methyl sites for hydroxylation is 1. The van der Waals surface area contributed by atoms with Gasteiger partial charge in [0, 0.05) is 18.7 Å². The molecule has 3 rings (SSSR count). The number of amides is 1. The maximum absolute atomic E-state index is 12.9. The quantitative estimate of drug-likeness (QED) is 0.816. The number of carboxylic acid groups (broad SMARTS) is 1. The van der Waals surface area contributed by atoms with Crippen LogP contribution in [-0.2, 0) is 9.53 Å². The predicted molar refractivity (Wildman–Crippen MR) is 101 cm³/mol. The Morgan fingerprint density at radius 3 is 2.78 bits per heavy atom. The van der Waals surface area contributed by atoms with Crippen LogP contribution in [0.3, 0.4) is 0 Å². The van der Waals surface area contributed by atoms with Crippen molar-refractivity contribution in [3.63, 3.8) is 0 Å². The number of nitrogens with zero attached hydrogens (tertiary/aromatic N) is 2. The van der Waals surface area contributed by atoms with E-state index in [1.807, 2.05) is 38.1 Å². The van der Waals surface area contributed by atoms with E-state index in [-0.39, 0.29) is 18.9 Å². The number of thiazole rings is 1. The van der Waals surface area contributed by atoms with Gasteiger partial charge in [-0.25, -0.2) is 4.98 Å². The third kappa shape index (κ3) is 4.64. The maximum atomic E-state index is 12.9. The molecular formula is C19H22N2O5S. The van der Waals surface area contributed by atoms with Crippen LogP contribution in [0.15, 0.2) is 24.3 Å². The molecule has 0 aliphatic carbocycles. The Hall–Kier alpha value is -2.45. The Morgan fingerprint density at radius 1 is 1.37 bits per heavy atom. The summed E-state index contributed by atoms with van der Waals surface area (Å²) >= 11 is 1.35. The molecule has 0 bridgehead atoms. The molecule has 1 aromatic carbocycles. The van der Waals surface area contributed by atoms with Crippen LogP contribution >= 0.6 is 11.3 Å². The van der Waals surface area contributed by atoms with Gasteiger partial charge in [-0.3, -0.25) is 9.59 Å². The van der Waals surface area contributed by atoms with Crippen molar-refractivity contribution in [2.75, 3.05) is 26.3 Å². The lowest BCUT2D eigenvalue weighted by Gasteiger charge is -2.32. The smallest absolute Gasteiger partial charge is 0.306 e. The van der Waals surface area contributed by atoms with Crippen molar-refractivity contribution in [2.45, 2.75) is 26.4 Å². The highest BCUT2D eigenvalue weighted by Crippen LogP contribution is 2.30. The molecule has 27 heavy (non-hydrogen) atoms. The fourth-order valence-electron chi connectivity index (χ4n) is 2.94. The first-order valence-electron chi connectivity index (χ1n) is 8.81. The molecule has 2 aromatic rings. The van der Waals surface area contributed by atoms with Crippen molar-refractivity contribution in [3.8, 4) is 16.3 Å². The summed E-state index contributed by atoms with van der Waals surface area (Å²) in [7, 11) is 0. The van der Waals surface area contributed by atoms with Gasteiger partial charge in [0.2, 0.25) is 0 Å². The Morgan fingerprint density at radius 2 is 2.11 bits per heavy atom. The summed E-state index contributed by atoms with van der Waals surface area (Å²) < 4.78 is 10.9. The van der Waals surface area contributed by atoms with Crippen LogP contribution in [0.4, 0.5) is 0 Å².